The summed E-state index contributed by atoms with van der Waals surface area (Å²) >= 11 is 12.5. The lowest BCUT2D eigenvalue weighted by atomic mass is 9.62. The van der Waals surface area contributed by atoms with Gasteiger partial charge in [0.25, 0.3) is 0 Å². The quantitative estimate of drug-likeness (QED) is 0.262. The molecule has 0 saturated carbocycles. The number of hydrogen-bond donors (Lipinski definition) is 4. The first kappa shape index (κ1) is 29.8. The third-order valence-electron chi connectivity index (χ3n) is 7.93. The predicted octanol–water partition coefficient (Wildman–Crippen LogP) is 6.23. The largest absolute Gasteiger partial charge is 0.495 e. The summed E-state index contributed by atoms with van der Waals surface area (Å²) < 4.78 is 21.3. The molecule has 1 saturated heterocycles. The van der Waals surface area contributed by atoms with E-state index in [1.807, 2.05) is 20.8 Å². The number of fused-ring (bicyclic) bond motifs is 2. The highest BCUT2D eigenvalue weighted by molar-refractivity contribution is 6.31. The molecule has 11 heteroatoms. The van der Waals surface area contributed by atoms with Gasteiger partial charge in [0, 0.05) is 22.7 Å². The number of rotatable bonds is 6. The van der Waals surface area contributed by atoms with Crippen molar-refractivity contribution in [2.24, 2.45) is 5.41 Å². The zero-order chi connectivity index (χ0) is 30.6. The summed E-state index contributed by atoms with van der Waals surface area (Å²) in [6.45, 7) is 6.07. The second-order valence-electron chi connectivity index (χ2n) is 11.8. The highest BCUT2D eigenvalue weighted by atomic mass is 35.5. The Morgan fingerprint density at radius 1 is 1.12 bits per heavy atom. The number of amides is 2. The summed E-state index contributed by atoms with van der Waals surface area (Å²) in [5, 5.41) is 18.8. The minimum absolute atomic E-state index is 0.0233. The number of carbonyl (C=O) groups excluding carboxylic acids is 2. The standard InChI is InChI=1S/C31H30Cl2FN3O5/c1-30(2,3)14-23-31(18-10-9-16(32)13-21(18)36-29(31)41)24(17-6-5-7-19(33)25(17)34)26(37-23)27(38)35-20-11-8-15(28(39)40)12-22(20)42-4/h5-13,23-24,26,37H,14H2,1-4H3,(H,35,38)(H,36,41)(H,39,40)/t23-,24+,26-,31+/m1/s1. The van der Waals surface area contributed by atoms with Gasteiger partial charge >= 0.3 is 5.97 Å². The van der Waals surface area contributed by atoms with Crippen LogP contribution in [0.15, 0.2) is 54.6 Å². The molecule has 0 radical (unpaired) electrons. The van der Waals surface area contributed by atoms with Crippen LogP contribution in [0.5, 0.6) is 5.75 Å². The molecule has 4 atom stereocenters. The molecule has 0 unspecified atom stereocenters. The molecule has 2 heterocycles. The number of anilines is 2. The molecule has 4 N–H and O–H groups in total. The molecule has 3 aromatic rings. The van der Waals surface area contributed by atoms with Gasteiger partial charge in [0.05, 0.1) is 29.4 Å². The second-order valence-corrected chi connectivity index (χ2v) is 12.6. The van der Waals surface area contributed by atoms with E-state index in [-0.39, 0.29) is 38.9 Å². The van der Waals surface area contributed by atoms with E-state index >= 15 is 4.39 Å². The molecule has 2 aliphatic heterocycles. The summed E-state index contributed by atoms with van der Waals surface area (Å²) in [6, 6.07) is 11.9. The van der Waals surface area contributed by atoms with Crippen molar-refractivity contribution in [3.63, 3.8) is 0 Å². The van der Waals surface area contributed by atoms with E-state index in [2.05, 4.69) is 16.0 Å². The average Bonchev–Trinajstić information content (AvgIpc) is 3.39. The SMILES string of the molecule is COc1cc(C(=O)O)ccc1NC(=O)[C@@H]1N[C@H](CC(C)(C)C)[C@]2(C(=O)Nc3cc(Cl)ccc32)[C@H]1c1cccc(Cl)c1F. The van der Waals surface area contributed by atoms with Crippen molar-refractivity contribution < 1.29 is 28.6 Å². The normalized spacial score (nSPS) is 23.0. The van der Waals surface area contributed by atoms with Crippen molar-refractivity contribution >= 4 is 52.4 Å². The Morgan fingerprint density at radius 3 is 2.52 bits per heavy atom. The van der Waals surface area contributed by atoms with Crippen molar-refractivity contribution in [3.05, 3.63) is 87.2 Å². The first-order chi connectivity index (χ1) is 19.8. The molecule has 1 fully saturated rings. The first-order valence-corrected chi connectivity index (χ1v) is 14.1. The first-order valence-electron chi connectivity index (χ1n) is 13.3. The van der Waals surface area contributed by atoms with Gasteiger partial charge in [-0.2, -0.15) is 0 Å². The zero-order valence-corrected chi connectivity index (χ0v) is 24.9. The van der Waals surface area contributed by atoms with Crippen molar-refractivity contribution in [3.8, 4) is 5.75 Å². The summed E-state index contributed by atoms with van der Waals surface area (Å²) in [5.74, 6) is -3.73. The highest BCUT2D eigenvalue weighted by Crippen LogP contribution is 2.57. The van der Waals surface area contributed by atoms with Crippen LogP contribution in [0.3, 0.4) is 0 Å². The molecule has 5 rings (SSSR count). The van der Waals surface area contributed by atoms with Crippen LogP contribution in [-0.2, 0) is 15.0 Å². The number of methoxy groups -OCH3 is 1. The van der Waals surface area contributed by atoms with Crippen LogP contribution in [0.2, 0.25) is 10.0 Å². The van der Waals surface area contributed by atoms with E-state index in [1.165, 1.54) is 31.4 Å². The molecule has 0 bridgehead atoms. The number of carboxylic acids is 1. The number of ether oxygens (including phenoxy) is 1. The molecule has 42 heavy (non-hydrogen) atoms. The summed E-state index contributed by atoms with van der Waals surface area (Å²) in [4.78, 5) is 39.8. The number of benzene rings is 3. The molecule has 0 aromatic heterocycles. The van der Waals surface area contributed by atoms with E-state index in [4.69, 9.17) is 27.9 Å². The number of carbonyl (C=O) groups is 3. The smallest absolute Gasteiger partial charge is 0.335 e. The van der Waals surface area contributed by atoms with Crippen molar-refractivity contribution in [1.82, 2.24) is 5.32 Å². The molecular weight excluding hydrogens is 584 g/mol. The minimum atomic E-state index is -1.40. The van der Waals surface area contributed by atoms with Crippen LogP contribution < -0.4 is 20.7 Å². The van der Waals surface area contributed by atoms with Crippen LogP contribution in [0, 0.1) is 11.2 Å². The molecule has 3 aromatic carbocycles. The number of aromatic carboxylic acids is 1. The summed E-state index contributed by atoms with van der Waals surface area (Å²) in [5.41, 5.74) is -0.301. The highest BCUT2D eigenvalue weighted by Gasteiger charge is 2.66. The van der Waals surface area contributed by atoms with E-state index < -0.39 is 41.1 Å². The molecule has 1 spiro atoms. The average molecular weight is 615 g/mol. The van der Waals surface area contributed by atoms with Crippen molar-refractivity contribution in [1.29, 1.82) is 0 Å². The molecule has 8 nitrogen and oxygen atoms in total. The van der Waals surface area contributed by atoms with Gasteiger partial charge in [-0.3, -0.25) is 9.59 Å². The van der Waals surface area contributed by atoms with Gasteiger partial charge in [-0.05, 0) is 59.4 Å². The van der Waals surface area contributed by atoms with E-state index in [0.29, 0.717) is 22.7 Å². The fraction of sp³-hybridized carbons (Fsp3) is 0.323. The van der Waals surface area contributed by atoms with Gasteiger partial charge < -0.3 is 25.8 Å². The minimum Gasteiger partial charge on any atom is -0.495 e. The van der Waals surface area contributed by atoms with Gasteiger partial charge in [-0.25, -0.2) is 9.18 Å². The summed E-state index contributed by atoms with van der Waals surface area (Å²) in [6.07, 6.45) is 0.460. The Labute approximate surface area is 252 Å². The zero-order valence-electron chi connectivity index (χ0n) is 23.3. The Balaban J connectivity index is 1.70. The topological polar surface area (TPSA) is 117 Å². The van der Waals surface area contributed by atoms with Gasteiger partial charge in [0.15, 0.2) is 0 Å². The maximum absolute atomic E-state index is 15.9. The van der Waals surface area contributed by atoms with Crippen LogP contribution in [-0.4, -0.2) is 42.1 Å². The molecule has 2 aliphatic rings. The van der Waals surface area contributed by atoms with Crippen LogP contribution in [0.1, 0.15) is 54.6 Å². The fourth-order valence-corrected chi connectivity index (χ4v) is 6.64. The number of halogens is 3. The Hall–Kier alpha value is -3.66. The maximum Gasteiger partial charge on any atom is 0.335 e. The summed E-state index contributed by atoms with van der Waals surface area (Å²) in [7, 11) is 1.36. The van der Waals surface area contributed by atoms with E-state index in [9.17, 15) is 19.5 Å². The van der Waals surface area contributed by atoms with Crippen molar-refractivity contribution in [2.75, 3.05) is 17.7 Å². The fourth-order valence-electron chi connectivity index (χ4n) is 6.29. The number of hydrogen-bond acceptors (Lipinski definition) is 5. The third-order valence-corrected chi connectivity index (χ3v) is 8.45. The second kappa shape index (κ2) is 10.9. The molecule has 0 aliphatic carbocycles. The third kappa shape index (κ3) is 4.99. The van der Waals surface area contributed by atoms with E-state index in [1.54, 1.807) is 30.3 Å². The van der Waals surface area contributed by atoms with Gasteiger partial charge in [0.1, 0.15) is 17.0 Å². The van der Waals surface area contributed by atoms with Crippen LogP contribution in [0.4, 0.5) is 15.8 Å². The van der Waals surface area contributed by atoms with Crippen LogP contribution in [0.25, 0.3) is 0 Å². The Bertz CT molecular complexity index is 1610. The molecule has 220 valence electrons. The predicted molar refractivity (Wildman–Crippen MR) is 159 cm³/mol. The van der Waals surface area contributed by atoms with Crippen LogP contribution >= 0.6 is 23.2 Å². The van der Waals surface area contributed by atoms with E-state index in [0.717, 1.165) is 0 Å². The molecule has 2 amide bonds. The maximum atomic E-state index is 15.9. The number of nitrogens with one attached hydrogen (secondary N) is 3. The van der Waals surface area contributed by atoms with Crippen molar-refractivity contribution in [2.45, 2.75) is 50.6 Å². The lowest BCUT2D eigenvalue weighted by Gasteiger charge is -2.37. The lowest BCUT2D eigenvalue weighted by molar-refractivity contribution is -0.122. The van der Waals surface area contributed by atoms with Gasteiger partial charge in [0.2, 0.25) is 11.8 Å². The molecular formula is C31H30Cl2FN3O5. The Morgan fingerprint density at radius 2 is 1.86 bits per heavy atom. The number of carboxylic acid groups (broad SMARTS) is 1. The monoisotopic (exact) mass is 613 g/mol. The lowest BCUT2D eigenvalue weighted by Crippen LogP contribution is -2.49. The van der Waals surface area contributed by atoms with Gasteiger partial charge in [-0.1, -0.05) is 62.2 Å². The van der Waals surface area contributed by atoms with Gasteiger partial charge in [-0.15, -0.1) is 0 Å². The Kier molecular flexibility index (Phi) is 7.72.